The minimum absolute atomic E-state index is 0.182. The number of fused-ring (bicyclic) bond motifs is 1. The quantitative estimate of drug-likeness (QED) is 0.926. The lowest BCUT2D eigenvalue weighted by Gasteiger charge is -2.23. The maximum Gasteiger partial charge on any atom is 0.261 e. The summed E-state index contributed by atoms with van der Waals surface area (Å²) in [6.45, 7) is 1.53. The van der Waals surface area contributed by atoms with Gasteiger partial charge in [-0.3, -0.25) is 14.2 Å². The highest BCUT2D eigenvalue weighted by atomic mass is 35.5. The van der Waals surface area contributed by atoms with Gasteiger partial charge in [0.15, 0.2) is 0 Å². The highest BCUT2D eigenvalue weighted by Gasteiger charge is 2.43. The van der Waals surface area contributed by atoms with E-state index in [0.717, 1.165) is 12.8 Å². The van der Waals surface area contributed by atoms with Gasteiger partial charge in [0.2, 0.25) is 5.91 Å². The van der Waals surface area contributed by atoms with Gasteiger partial charge in [0, 0.05) is 5.02 Å². The van der Waals surface area contributed by atoms with Crippen molar-refractivity contribution in [2.45, 2.75) is 31.8 Å². The number of benzene rings is 1. The molecule has 23 heavy (non-hydrogen) atoms. The van der Waals surface area contributed by atoms with E-state index in [4.69, 9.17) is 11.6 Å². The van der Waals surface area contributed by atoms with E-state index in [1.165, 1.54) is 17.0 Å². The van der Waals surface area contributed by atoms with Crippen LogP contribution in [-0.2, 0) is 11.3 Å². The first-order valence-electron chi connectivity index (χ1n) is 7.30. The number of amides is 1. The van der Waals surface area contributed by atoms with E-state index in [-0.39, 0.29) is 23.9 Å². The Bertz CT molecular complexity index is 882. The Morgan fingerprint density at radius 2 is 2.30 bits per heavy atom. The van der Waals surface area contributed by atoms with Crippen LogP contribution in [0.4, 0.5) is 0 Å². The third-order valence-corrected chi connectivity index (χ3v) is 4.36. The third kappa shape index (κ3) is 3.06. The zero-order chi connectivity index (χ0) is 16.6. The van der Waals surface area contributed by atoms with Crippen molar-refractivity contribution in [2.24, 2.45) is 5.92 Å². The first-order chi connectivity index (χ1) is 10.9. The molecule has 7 heteroatoms. The standard InChI is InChI=1S/C16H15ClN4O2/c1-16(8-18,10-2-3-10)20-14(22)7-21-9-19-13-5-4-11(17)6-12(13)15(21)23/h4-6,9-10H,2-3,7H2,1H3,(H,20,22)/t16-/m1/s1. The van der Waals surface area contributed by atoms with Gasteiger partial charge in [-0.1, -0.05) is 11.6 Å². The number of nitrogens with zero attached hydrogens (tertiary/aromatic N) is 3. The predicted molar refractivity (Wildman–Crippen MR) is 85.9 cm³/mol. The fourth-order valence-electron chi connectivity index (χ4n) is 2.61. The maximum absolute atomic E-state index is 12.4. The van der Waals surface area contributed by atoms with Crippen LogP contribution in [0.5, 0.6) is 0 Å². The van der Waals surface area contributed by atoms with E-state index in [9.17, 15) is 14.9 Å². The van der Waals surface area contributed by atoms with Crippen LogP contribution in [-0.4, -0.2) is 21.0 Å². The molecule has 1 amide bonds. The van der Waals surface area contributed by atoms with E-state index in [2.05, 4.69) is 16.4 Å². The molecule has 6 nitrogen and oxygen atoms in total. The fourth-order valence-corrected chi connectivity index (χ4v) is 2.78. The normalized spacial score (nSPS) is 16.6. The number of hydrogen-bond donors (Lipinski definition) is 1. The summed E-state index contributed by atoms with van der Waals surface area (Å²) >= 11 is 5.91. The summed E-state index contributed by atoms with van der Waals surface area (Å²) in [4.78, 5) is 28.8. The molecule has 1 fully saturated rings. The number of aromatic nitrogens is 2. The lowest BCUT2D eigenvalue weighted by Crippen LogP contribution is -2.48. The number of rotatable bonds is 4. The zero-order valence-electron chi connectivity index (χ0n) is 12.5. The van der Waals surface area contributed by atoms with Crippen LogP contribution in [0.3, 0.4) is 0 Å². The number of nitrogens with one attached hydrogen (secondary N) is 1. The molecule has 1 aliphatic carbocycles. The van der Waals surface area contributed by atoms with Gasteiger partial charge in [0.25, 0.3) is 5.56 Å². The molecule has 1 saturated carbocycles. The molecule has 1 N–H and O–H groups in total. The van der Waals surface area contributed by atoms with Crippen LogP contribution < -0.4 is 10.9 Å². The highest BCUT2D eigenvalue weighted by Crippen LogP contribution is 2.39. The molecule has 1 heterocycles. The molecular formula is C16H15ClN4O2. The molecule has 0 bridgehead atoms. The summed E-state index contributed by atoms with van der Waals surface area (Å²) in [5.74, 6) is -0.201. The number of halogens is 1. The highest BCUT2D eigenvalue weighted by molar-refractivity contribution is 6.31. The van der Waals surface area contributed by atoms with Crippen molar-refractivity contribution in [2.75, 3.05) is 0 Å². The summed E-state index contributed by atoms with van der Waals surface area (Å²) in [7, 11) is 0. The van der Waals surface area contributed by atoms with Crippen molar-refractivity contribution >= 4 is 28.4 Å². The molecule has 0 aliphatic heterocycles. The molecule has 3 rings (SSSR count). The Hall–Kier alpha value is -2.39. The lowest BCUT2D eigenvalue weighted by atomic mass is 9.98. The van der Waals surface area contributed by atoms with Gasteiger partial charge >= 0.3 is 0 Å². The number of hydrogen-bond acceptors (Lipinski definition) is 4. The van der Waals surface area contributed by atoms with E-state index in [1.807, 2.05) is 0 Å². The minimum atomic E-state index is -0.881. The van der Waals surface area contributed by atoms with Crippen molar-refractivity contribution < 1.29 is 4.79 Å². The first kappa shape index (κ1) is 15.5. The molecule has 0 saturated heterocycles. The van der Waals surface area contributed by atoms with Gasteiger partial charge < -0.3 is 5.32 Å². The first-order valence-corrected chi connectivity index (χ1v) is 7.68. The van der Waals surface area contributed by atoms with E-state index in [0.29, 0.717) is 15.9 Å². The van der Waals surface area contributed by atoms with Crippen molar-refractivity contribution in [1.29, 1.82) is 5.26 Å². The second-order valence-corrected chi connectivity index (χ2v) is 6.41. The molecule has 1 atom stereocenters. The van der Waals surface area contributed by atoms with E-state index >= 15 is 0 Å². The van der Waals surface area contributed by atoms with Crippen LogP contribution in [0, 0.1) is 17.2 Å². The van der Waals surface area contributed by atoms with Gasteiger partial charge in [0.1, 0.15) is 12.1 Å². The van der Waals surface area contributed by atoms with Gasteiger partial charge in [-0.05, 0) is 43.9 Å². The van der Waals surface area contributed by atoms with Gasteiger partial charge in [-0.15, -0.1) is 0 Å². The van der Waals surface area contributed by atoms with Crippen LogP contribution in [0.25, 0.3) is 10.9 Å². The van der Waals surface area contributed by atoms with E-state index in [1.54, 1.807) is 19.1 Å². The largest absolute Gasteiger partial charge is 0.336 e. The Balaban J connectivity index is 1.84. The summed E-state index contributed by atoms with van der Waals surface area (Å²) in [5, 5.41) is 12.8. The van der Waals surface area contributed by atoms with E-state index < -0.39 is 5.54 Å². The van der Waals surface area contributed by atoms with Crippen LogP contribution >= 0.6 is 11.6 Å². The van der Waals surface area contributed by atoms with Crippen molar-refractivity contribution in [3.8, 4) is 6.07 Å². The van der Waals surface area contributed by atoms with Crippen LogP contribution in [0.15, 0.2) is 29.3 Å². The van der Waals surface area contributed by atoms with Crippen LogP contribution in [0.2, 0.25) is 5.02 Å². The van der Waals surface area contributed by atoms with Gasteiger partial charge in [0.05, 0.1) is 23.3 Å². The lowest BCUT2D eigenvalue weighted by molar-refractivity contribution is -0.123. The summed E-state index contributed by atoms with van der Waals surface area (Å²) < 4.78 is 1.22. The second kappa shape index (κ2) is 5.67. The average molecular weight is 331 g/mol. The average Bonchev–Trinajstić information content (AvgIpc) is 3.35. The molecule has 1 aromatic heterocycles. The van der Waals surface area contributed by atoms with Crippen molar-refractivity contribution in [3.05, 3.63) is 39.9 Å². The van der Waals surface area contributed by atoms with Crippen LogP contribution in [0.1, 0.15) is 19.8 Å². The smallest absolute Gasteiger partial charge is 0.261 e. The Morgan fingerprint density at radius 3 is 2.96 bits per heavy atom. The molecule has 2 aromatic rings. The number of carbonyl (C=O) groups is 1. The maximum atomic E-state index is 12.4. The van der Waals surface area contributed by atoms with Gasteiger partial charge in [-0.2, -0.15) is 5.26 Å². The molecular weight excluding hydrogens is 316 g/mol. The molecule has 0 radical (unpaired) electrons. The zero-order valence-corrected chi connectivity index (χ0v) is 13.3. The van der Waals surface area contributed by atoms with Gasteiger partial charge in [-0.25, -0.2) is 4.98 Å². The Labute approximate surface area is 137 Å². The molecule has 1 aromatic carbocycles. The van der Waals surface area contributed by atoms with Crippen molar-refractivity contribution in [1.82, 2.24) is 14.9 Å². The van der Waals surface area contributed by atoms with Crippen molar-refractivity contribution in [3.63, 3.8) is 0 Å². The SMILES string of the molecule is C[C@](C#N)(NC(=O)Cn1cnc2ccc(Cl)cc2c1=O)C1CC1. The molecule has 0 unspecified atom stereocenters. The summed E-state index contributed by atoms with van der Waals surface area (Å²) in [6.07, 6.45) is 3.19. The topological polar surface area (TPSA) is 87.8 Å². The third-order valence-electron chi connectivity index (χ3n) is 4.13. The fraction of sp³-hybridized carbons (Fsp3) is 0.375. The minimum Gasteiger partial charge on any atom is -0.336 e. The summed E-state index contributed by atoms with van der Waals surface area (Å²) in [5.41, 5.74) is -0.692. The Morgan fingerprint density at radius 1 is 1.57 bits per heavy atom. The second-order valence-electron chi connectivity index (χ2n) is 5.98. The predicted octanol–water partition coefficient (Wildman–Crippen LogP) is 1.86. The molecule has 0 spiro atoms. The Kier molecular flexibility index (Phi) is 3.82. The monoisotopic (exact) mass is 330 g/mol. The molecule has 1 aliphatic rings. The number of carbonyl (C=O) groups excluding carboxylic acids is 1. The summed E-state index contributed by atoms with van der Waals surface area (Å²) in [6, 6.07) is 7.00. The molecule has 118 valence electrons. The number of nitriles is 1.